The monoisotopic (exact) mass is 431 g/mol. The van der Waals surface area contributed by atoms with Crippen LogP contribution in [0.15, 0.2) is 77.9 Å². The van der Waals surface area contributed by atoms with E-state index in [9.17, 15) is 10.2 Å². The molecular formula is C29H37NO2. The molecule has 3 nitrogen and oxygen atoms in total. The molecule has 0 saturated carbocycles. The fraction of sp³-hybridized carbons (Fsp3) is 0.379. The number of aliphatic hydroxyl groups is 1. The molecule has 1 fully saturated rings. The van der Waals surface area contributed by atoms with Crippen LogP contribution >= 0.6 is 0 Å². The third-order valence-corrected chi connectivity index (χ3v) is 6.42. The first-order valence-corrected chi connectivity index (χ1v) is 11.8. The number of allylic oxidation sites excluding steroid dienone is 5. The Labute approximate surface area is 193 Å². The standard InChI is InChI=1S/C29H37NO2/c1-4-8-22(5-2)28(11-7-20-31)29(26-9-6-10-27(32)21-26)25-14-12-23(13-15-25)24-16-18-30(3)19-17-24/h4-6,8-10,12-15,21,24,31-32H,7,11,16-20H2,1-3H3/b8-4-,22-5+,29-28+. The number of hydrogen-bond acceptors (Lipinski definition) is 3. The van der Waals surface area contributed by atoms with Gasteiger partial charge in [-0.2, -0.15) is 0 Å². The van der Waals surface area contributed by atoms with E-state index in [-0.39, 0.29) is 12.4 Å². The average Bonchev–Trinajstić information content (AvgIpc) is 2.81. The molecule has 0 bridgehead atoms. The molecule has 0 spiro atoms. The molecular weight excluding hydrogens is 394 g/mol. The summed E-state index contributed by atoms with van der Waals surface area (Å²) in [5, 5.41) is 19.8. The van der Waals surface area contributed by atoms with Gasteiger partial charge >= 0.3 is 0 Å². The van der Waals surface area contributed by atoms with E-state index in [4.69, 9.17) is 0 Å². The Morgan fingerprint density at radius 3 is 2.34 bits per heavy atom. The Hall–Kier alpha value is -2.62. The summed E-state index contributed by atoms with van der Waals surface area (Å²) in [5.74, 6) is 0.883. The van der Waals surface area contributed by atoms with Gasteiger partial charge in [-0.25, -0.2) is 0 Å². The van der Waals surface area contributed by atoms with Gasteiger partial charge < -0.3 is 15.1 Å². The lowest BCUT2D eigenvalue weighted by atomic mass is 9.84. The van der Waals surface area contributed by atoms with Crippen LogP contribution < -0.4 is 0 Å². The van der Waals surface area contributed by atoms with Crippen molar-refractivity contribution >= 4 is 5.57 Å². The summed E-state index contributed by atoms with van der Waals surface area (Å²) in [4.78, 5) is 2.40. The van der Waals surface area contributed by atoms with Crippen LogP contribution in [-0.2, 0) is 0 Å². The first kappa shape index (κ1) is 24.0. The van der Waals surface area contributed by atoms with Crippen LogP contribution in [0.25, 0.3) is 5.57 Å². The summed E-state index contributed by atoms with van der Waals surface area (Å²) >= 11 is 0. The SMILES string of the molecule is C\C=C/C(=C\C)C(/CCCO)=C(\c1ccc(C2CCN(C)CC2)cc1)c1cccc(O)c1. The molecule has 32 heavy (non-hydrogen) atoms. The van der Waals surface area contributed by atoms with E-state index in [1.165, 1.54) is 24.0 Å². The number of benzene rings is 2. The minimum atomic E-state index is 0.152. The summed E-state index contributed by atoms with van der Waals surface area (Å²) in [6, 6.07) is 16.5. The number of rotatable bonds is 8. The van der Waals surface area contributed by atoms with Crippen molar-refractivity contribution in [1.29, 1.82) is 0 Å². The highest BCUT2D eigenvalue weighted by atomic mass is 16.3. The number of phenolic OH excluding ortho intramolecular Hbond substituents is 1. The quantitative estimate of drug-likeness (QED) is 0.482. The summed E-state index contributed by atoms with van der Waals surface area (Å²) in [5.41, 5.74) is 7.01. The van der Waals surface area contributed by atoms with Gasteiger partial charge in [0, 0.05) is 6.61 Å². The molecule has 0 aliphatic carbocycles. The molecule has 3 rings (SSSR count). The summed E-state index contributed by atoms with van der Waals surface area (Å²) in [7, 11) is 2.20. The second-order valence-corrected chi connectivity index (χ2v) is 8.67. The van der Waals surface area contributed by atoms with Crippen molar-refractivity contribution in [2.45, 2.75) is 45.4 Å². The number of piperidine rings is 1. The van der Waals surface area contributed by atoms with Crippen LogP contribution in [0.1, 0.15) is 62.1 Å². The minimum absolute atomic E-state index is 0.152. The Bertz CT molecular complexity index is 961. The van der Waals surface area contributed by atoms with Gasteiger partial charge in [-0.05, 0) is 111 Å². The molecule has 2 aromatic carbocycles. The number of phenols is 1. The number of aromatic hydroxyl groups is 1. The van der Waals surface area contributed by atoms with Crippen molar-refractivity contribution in [1.82, 2.24) is 4.90 Å². The predicted octanol–water partition coefficient (Wildman–Crippen LogP) is 6.30. The molecule has 3 heteroatoms. The molecule has 2 N–H and O–H groups in total. The molecule has 0 amide bonds. The van der Waals surface area contributed by atoms with Crippen molar-refractivity contribution in [3.63, 3.8) is 0 Å². The second-order valence-electron chi connectivity index (χ2n) is 8.67. The zero-order valence-electron chi connectivity index (χ0n) is 19.7. The van der Waals surface area contributed by atoms with Crippen molar-refractivity contribution in [2.75, 3.05) is 26.7 Å². The van der Waals surface area contributed by atoms with Crippen molar-refractivity contribution < 1.29 is 10.2 Å². The van der Waals surface area contributed by atoms with Gasteiger partial charge in [0.15, 0.2) is 0 Å². The Morgan fingerprint density at radius 1 is 1.03 bits per heavy atom. The van der Waals surface area contributed by atoms with E-state index in [2.05, 4.69) is 67.4 Å². The van der Waals surface area contributed by atoms with Gasteiger partial charge in [-0.15, -0.1) is 0 Å². The summed E-state index contributed by atoms with van der Waals surface area (Å²) < 4.78 is 0. The normalized spacial score (nSPS) is 17.1. The van der Waals surface area contributed by atoms with E-state index in [0.29, 0.717) is 12.3 Å². The maximum Gasteiger partial charge on any atom is 0.116 e. The van der Waals surface area contributed by atoms with Gasteiger partial charge in [0.1, 0.15) is 5.75 Å². The molecule has 0 aromatic heterocycles. The highest BCUT2D eigenvalue weighted by molar-refractivity contribution is 5.85. The second kappa shape index (κ2) is 11.8. The number of likely N-dealkylation sites (tertiary alicyclic amines) is 1. The lowest BCUT2D eigenvalue weighted by Gasteiger charge is -2.29. The van der Waals surface area contributed by atoms with E-state index >= 15 is 0 Å². The van der Waals surface area contributed by atoms with E-state index in [1.54, 1.807) is 6.07 Å². The van der Waals surface area contributed by atoms with Crippen LogP contribution in [0.4, 0.5) is 0 Å². The molecule has 0 atom stereocenters. The average molecular weight is 432 g/mol. The van der Waals surface area contributed by atoms with Crippen LogP contribution in [-0.4, -0.2) is 41.9 Å². The first-order chi connectivity index (χ1) is 15.6. The maximum absolute atomic E-state index is 10.2. The van der Waals surface area contributed by atoms with E-state index in [1.807, 2.05) is 19.1 Å². The summed E-state index contributed by atoms with van der Waals surface area (Å²) in [6.07, 6.45) is 10.2. The summed E-state index contributed by atoms with van der Waals surface area (Å²) in [6.45, 7) is 6.54. The fourth-order valence-electron chi connectivity index (χ4n) is 4.66. The lowest BCUT2D eigenvalue weighted by molar-refractivity contribution is 0.255. The van der Waals surface area contributed by atoms with Crippen molar-refractivity contribution in [2.24, 2.45) is 0 Å². The number of nitrogens with zero attached hydrogens (tertiary/aromatic N) is 1. The molecule has 170 valence electrons. The van der Waals surface area contributed by atoms with Crippen molar-refractivity contribution in [3.8, 4) is 5.75 Å². The molecule has 1 heterocycles. The third kappa shape index (κ3) is 5.99. The molecule has 1 aliphatic rings. The minimum Gasteiger partial charge on any atom is -0.508 e. The molecule has 2 aromatic rings. The van der Waals surface area contributed by atoms with Gasteiger partial charge in [0.05, 0.1) is 0 Å². The fourth-order valence-corrected chi connectivity index (χ4v) is 4.66. The van der Waals surface area contributed by atoms with Crippen LogP contribution in [0.5, 0.6) is 5.75 Å². The lowest BCUT2D eigenvalue weighted by Crippen LogP contribution is -2.29. The Balaban J connectivity index is 2.10. The molecule has 1 saturated heterocycles. The zero-order valence-corrected chi connectivity index (χ0v) is 19.7. The smallest absolute Gasteiger partial charge is 0.116 e. The topological polar surface area (TPSA) is 43.7 Å². The molecule has 0 unspecified atom stereocenters. The predicted molar refractivity (Wildman–Crippen MR) is 135 cm³/mol. The van der Waals surface area contributed by atoms with Crippen LogP contribution in [0, 0.1) is 0 Å². The van der Waals surface area contributed by atoms with E-state index in [0.717, 1.165) is 41.8 Å². The van der Waals surface area contributed by atoms with Crippen molar-refractivity contribution in [3.05, 3.63) is 94.6 Å². The maximum atomic E-state index is 10.2. The third-order valence-electron chi connectivity index (χ3n) is 6.42. The Morgan fingerprint density at radius 2 is 1.75 bits per heavy atom. The van der Waals surface area contributed by atoms with Gasteiger partial charge in [0.2, 0.25) is 0 Å². The van der Waals surface area contributed by atoms with Gasteiger partial charge in [-0.1, -0.05) is 54.6 Å². The van der Waals surface area contributed by atoms with Gasteiger partial charge in [0.25, 0.3) is 0 Å². The molecule has 1 aliphatic heterocycles. The van der Waals surface area contributed by atoms with Crippen LogP contribution in [0.2, 0.25) is 0 Å². The molecule has 0 radical (unpaired) electrons. The first-order valence-electron chi connectivity index (χ1n) is 11.8. The largest absolute Gasteiger partial charge is 0.508 e. The number of hydrogen-bond donors (Lipinski definition) is 2. The zero-order chi connectivity index (χ0) is 22.9. The van der Waals surface area contributed by atoms with Crippen LogP contribution in [0.3, 0.4) is 0 Å². The number of aliphatic hydroxyl groups excluding tert-OH is 1. The highest BCUT2D eigenvalue weighted by Gasteiger charge is 2.19. The Kier molecular flexibility index (Phi) is 8.90. The van der Waals surface area contributed by atoms with Gasteiger partial charge in [-0.3, -0.25) is 0 Å². The van der Waals surface area contributed by atoms with E-state index < -0.39 is 0 Å². The highest BCUT2D eigenvalue weighted by Crippen LogP contribution is 2.36.